The maximum absolute atomic E-state index is 13.0. The summed E-state index contributed by atoms with van der Waals surface area (Å²) in [7, 11) is 1.36. The number of hydrogen-bond acceptors (Lipinski definition) is 4. The van der Waals surface area contributed by atoms with E-state index in [0.29, 0.717) is 25.1 Å². The first-order valence-corrected chi connectivity index (χ1v) is 8.85. The van der Waals surface area contributed by atoms with E-state index in [9.17, 15) is 14.4 Å². The molecule has 0 aromatic heterocycles. The topological polar surface area (TPSA) is 66.9 Å². The molecule has 1 aromatic carbocycles. The zero-order valence-corrected chi connectivity index (χ0v) is 14.8. The van der Waals surface area contributed by atoms with E-state index in [1.807, 2.05) is 24.0 Å². The molecule has 25 heavy (non-hydrogen) atoms. The molecule has 6 nitrogen and oxygen atoms in total. The molecule has 134 valence electrons. The molecule has 1 fully saturated rings. The minimum atomic E-state index is -0.367. The lowest BCUT2D eigenvalue weighted by Gasteiger charge is -2.34. The molecule has 2 heterocycles. The smallest absolute Gasteiger partial charge is 0.337 e. The van der Waals surface area contributed by atoms with Gasteiger partial charge < -0.3 is 14.5 Å². The zero-order valence-electron chi connectivity index (χ0n) is 14.8. The fourth-order valence-electron chi connectivity index (χ4n) is 3.72. The van der Waals surface area contributed by atoms with Gasteiger partial charge in [-0.25, -0.2) is 4.79 Å². The van der Waals surface area contributed by atoms with E-state index in [1.165, 1.54) is 7.11 Å². The fraction of sp³-hybridized carbons (Fsp3) is 0.526. The Kier molecular flexibility index (Phi) is 5.06. The standard InChI is InChI=1S/C19H24N2O4/c1-3-17(22)20-9-4-5-15(12-20)18(23)21-10-8-13-11-14(19(24)25-2)6-7-16(13)21/h6-7,11,15H,3-5,8-10,12H2,1-2H3. The lowest BCUT2D eigenvalue weighted by atomic mass is 9.96. The van der Waals surface area contributed by atoms with Crippen molar-refractivity contribution in [1.82, 2.24) is 4.90 Å². The third kappa shape index (κ3) is 3.38. The van der Waals surface area contributed by atoms with Crippen LogP contribution in [0.1, 0.15) is 42.1 Å². The third-order valence-electron chi connectivity index (χ3n) is 5.09. The van der Waals surface area contributed by atoms with Crippen LogP contribution < -0.4 is 4.90 Å². The van der Waals surface area contributed by atoms with Gasteiger partial charge in [-0.3, -0.25) is 9.59 Å². The lowest BCUT2D eigenvalue weighted by molar-refractivity contribution is -0.134. The van der Waals surface area contributed by atoms with Crippen LogP contribution in [-0.4, -0.2) is 49.4 Å². The van der Waals surface area contributed by atoms with Gasteiger partial charge in [-0.2, -0.15) is 0 Å². The Labute approximate surface area is 147 Å². The first-order chi connectivity index (χ1) is 12.0. The first-order valence-electron chi connectivity index (χ1n) is 8.85. The van der Waals surface area contributed by atoms with Gasteiger partial charge in [0.05, 0.1) is 18.6 Å². The molecule has 1 atom stereocenters. The van der Waals surface area contributed by atoms with Gasteiger partial charge in [0.1, 0.15) is 0 Å². The molecule has 1 aromatic rings. The molecular formula is C19H24N2O4. The number of piperidine rings is 1. The van der Waals surface area contributed by atoms with E-state index in [1.54, 1.807) is 11.0 Å². The van der Waals surface area contributed by atoms with Crippen molar-refractivity contribution in [2.24, 2.45) is 5.92 Å². The summed E-state index contributed by atoms with van der Waals surface area (Å²) in [5.41, 5.74) is 2.37. The number of esters is 1. The highest BCUT2D eigenvalue weighted by Crippen LogP contribution is 2.32. The molecule has 0 radical (unpaired) electrons. The van der Waals surface area contributed by atoms with Crippen molar-refractivity contribution in [3.8, 4) is 0 Å². The number of fused-ring (bicyclic) bond motifs is 1. The number of nitrogens with zero attached hydrogens (tertiary/aromatic N) is 2. The van der Waals surface area contributed by atoms with E-state index in [4.69, 9.17) is 4.74 Å². The minimum Gasteiger partial charge on any atom is -0.465 e. The predicted octanol–water partition coefficient (Wildman–Crippen LogP) is 2.01. The van der Waals surface area contributed by atoms with Gasteiger partial charge in [0, 0.05) is 31.7 Å². The van der Waals surface area contributed by atoms with Gasteiger partial charge in [0.15, 0.2) is 0 Å². The van der Waals surface area contributed by atoms with E-state index in [2.05, 4.69) is 0 Å². The van der Waals surface area contributed by atoms with E-state index < -0.39 is 0 Å². The highest BCUT2D eigenvalue weighted by Gasteiger charge is 2.34. The number of carbonyl (C=O) groups excluding carboxylic acids is 3. The average Bonchev–Trinajstić information content (AvgIpc) is 3.09. The van der Waals surface area contributed by atoms with Gasteiger partial charge in [0.25, 0.3) is 0 Å². The van der Waals surface area contributed by atoms with Crippen LogP contribution in [0.4, 0.5) is 5.69 Å². The monoisotopic (exact) mass is 344 g/mol. The van der Waals surface area contributed by atoms with Gasteiger partial charge in [-0.15, -0.1) is 0 Å². The molecule has 1 unspecified atom stereocenters. The van der Waals surface area contributed by atoms with Crippen LogP contribution >= 0.6 is 0 Å². The number of hydrogen-bond donors (Lipinski definition) is 0. The van der Waals surface area contributed by atoms with Crippen LogP contribution in [0.15, 0.2) is 18.2 Å². The zero-order chi connectivity index (χ0) is 18.0. The highest BCUT2D eigenvalue weighted by atomic mass is 16.5. The van der Waals surface area contributed by atoms with Crippen molar-refractivity contribution in [3.63, 3.8) is 0 Å². The molecule has 6 heteroatoms. The third-order valence-corrected chi connectivity index (χ3v) is 5.09. The normalized spacial score (nSPS) is 19.5. The average molecular weight is 344 g/mol. The van der Waals surface area contributed by atoms with Crippen LogP contribution in [-0.2, 0) is 20.7 Å². The number of amides is 2. The minimum absolute atomic E-state index is 0.0816. The van der Waals surface area contributed by atoms with Gasteiger partial charge in [0.2, 0.25) is 11.8 Å². The molecule has 0 spiro atoms. The maximum Gasteiger partial charge on any atom is 0.337 e. The van der Waals surface area contributed by atoms with Crippen molar-refractivity contribution in [3.05, 3.63) is 29.3 Å². The number of benzene rings is 1. The summed E-state index contributed by atoms with van der Waals surface area (Å²) in [5, 5.41) is 0. The Hall–Kier alpha value is -2.37. The van der Waals surface area contributed by atoms with E-state index >= 15 is 0 Å². The predicted molar refractivity (Wildman–Crippen MR) is 93.4 cm³/mol. The van der Waals surface area contributed by atoms with Crippen molar-refractivity contribution in [1.29, 1.82) is 0 Å². The summed E-state index contributed by atoms with van der Waals surface area (Å²) < 4.78 is 4.75. The molecule has 0 saturated carbocycles. The summed E-state index contributed by atoms with van der Waals surface area (Å²) >= 11 is 0. The van der Waals surface area contributed by atoms with Gasteiger partial charge in [-0.1, -0.05) is 6.92 Å². The van der Waals surface area contributed by atoms with E-state index in [0.717, 1.165) is 37.1 Å². The Morgan fingerprint density at radius 2 is 2.04 bits per heavy atom. The van der Waals surface area contributed by atoms with Crippen LogP contribution in [0.25, 0.3) is 0 Å². The first kappa shape index (κ1) is 17.5. The molecule has 0 N–H and O–H groups in total. The summed E-state index contributed by atoms with van der Waals surface area (Å²) in [6.45, 7) is 3.73. The van der Waals surface area contributed by atoms with Crippen molar-refractivity contribution >= 4 is 23.5 Å². The summed E-state index contributed by atoms with van der Waals surface area (Å²) in [6, 6.07) is 5.33. The number of methoxy groups -OCH3 is 1. The summed E-state index contributed by atoms with van der Waals surface area (Å²) in [4.78, 5) is 40.2. The molecule has 3 rings (SSSR count). The summed E-state index contributed by atoms with van der Waals surface area (Å²) in [6.07, 6.45) is 2.89. The Bertz CT molecular complexity index is 701. The quantitative estimate of drug-likeness (QED) is 0.787. The van der Waals surface area contributed by atoms with Gasteiger partial charge >= 0.3 is 5.97 Å². The molecule has 2 amide bonds. The second kappa shape index (κ2) is 7.25. The Balaban J connectivity index is 1.75. The maximum atomic E-state index is 13.0. The molecule has 2 aliphatic heterocycles. The van der Waals surface area contributed by atoms with Crippen LogP contribution in [0.2, 0.25) is 0 Å². The van der Waals surface area contributed by atoms with E-state index in [-0.39, 0.29) is 23.7 Å². The number of ether oxygens (including phenoxy) is 1. The Morgan fingerprint density at radius 3 is 2.76 bits per heavy atom. The molecule has 0 bridgehead atoms. The van der Waals surface area contributed by atoms with Crippen molar-refractivity contribution < 1.29 is 19.1 Å². The molecule has 0 aliphatic carbocycles. The fourth-order valence-corrected chi connectivity index (χ4v) is 3.72. The van der Waals surface area contributed by atoms with Crippen LogP contribution in [0.5, 0.6) is 0 Å². The summed E-state index contributed by atoms with van der Waals surface area (Å²) in [5.74, 6) is -0.315. The van der Waals surface area contributed by atoms with Crippen LogP contribution in [0, 0.1) is 5.92 Å². The van der Waals surface area contributed by atoms with Gasteiger partial charge in [-0.05, 0) is 43.0 Å². The highest BCUT2D eigenvalue weighted by molar-refractivity contribution is 5.98. The Morgan fingerprint density at radius 1 is 1.24 bits per heavy atom. The second-order valence-electron chi connectivity index (χ2n) is 6.61. The van der Waals surface area contributed by atoms with Crippen LogP contribution in [0.3, 0.4) is 0 Å². The largest absolute Gasteiger partial charge is 0.465 e. The molecule has 2 aliphatic rings. The molecule has 1 saturated heterocycles. The lowest BCUT2D eigenvalue weighted by Crippen LogP contribution is -2.46. The second-order valence-corrected chi connectivity index (χ2v) is 6.61. The number of likely N-dealkylation sites (tertiary alicyclic amines) is 1. The number of anilines is 1. The van der Waals surface area contributed by atoms with Crippen molar-refractivity contribution in [2.75, 3.05) is 31.6 Å². The van der Waals surface area contributed by atoms with Crippen molar-refractivity contribution in [2.45, 2.75) is 32.6 Å². The number of carbonyl (C=O) groups is 3. The SMILES string of the molecule is CCC(=O)N1CCCC(C(=O)N2CCc3cc(C(=O)OC)ccc32)C1. The molecular weight excluding hydrogens is 320 g/mol. The number of rotatable bonds is 3.